The molecule has 1 amide bonds. The van der Waals surface area contributed by atoms with Crippen LogP contribution in [0.3, 0.4) is 0 Å². The van der Waals surface area contributed by atoms with Gasteiger partial charge in [0, 0.05) is 0 Å². The predicted octanol–water partition coefficient (Wildman–Crippen LogP) is 2.58. The summed E-state index contributed by atoms with van der Waals surface area (Å²) in [6, 6.07) is 9.53. The highest BCUT2D eigenvalue weighted by Crippen LogP contribution is 2.23. The van der Waals surface area contributed by atoms with Gasteiger partial charge in [0.1, 0.15) is 18.1 Å². The van der Waals surface area contributed by atoms with Crippen LogP contribution in [-0.4, -0.2) is 26.0 Å². The van der Waals surface area contributed by atoms with Gasteiger partial charge in [-0.25, -0.2) is 4.68 Å². The van der Waals surface area contributed by atoms with Crippen molar-refractivity contribution >= 4 is 17.7 Å². The highest BCUT2D eigenvalue weighted by Gasteiger charge is 2.19. The number of nitrogen functional groups attached to an aromatic ring is 1. The number of rotatable bonds is 8. The Kier molecular flexibility index (Phi) is 6.25. The minimum atomic E-state index is -0.394. The predicted molar refractivity (Wildman–Crippen MR) is 106 cm³/mol. The summed E-state index contributed by atoms with van der Waals surface area (Å²) in [6.07, 6.45) is 1.57. The number of carbonyl (C=O) groups is 1. The molecule has 2 heterocycles. The quantitative estimate of drug-likeness (QED) is 0.441. The number of aromatic nitrogens is 3. The minimum Gasteiger partial charge on any atom is -0.485 e. The van der Waals surface area contributed by atoms with E-state index in [0.717, 1.165) is 11.3 Å². The maximum atomic E-state index is 12.2. The average molecular weight is 401 g/mol. The van der Waals surface area contributed by atoms with Crippen molar-refractivity contribution < 1.29 is 13.9 Å². The fourth-order valence-corrected chi connectivity index (χ4v) is 3.35. The Balaban J connectivity index is 1.55. The number of furan rings is 1. The van der Waals surface area contributed by atoms with Crippen molar-refractivity contribution in [3.05, 3.63) is 59.3 Å². The lowest BCUT2D eigenvalue weighted by atomic mass is 10.1. The van der Waals surface area contributed by atoms with Crippen LogP contribution < -0.4 is 15.9 Å². The first-order chi connectivity index (χ1) is 13.4. The summed E-state index contributed by atoms with van der Waals surface area (Å²) >= 11 is 1.23. The molecule has 0 unspecified atom stereocenters. The second-order valence-corrected chi connectivity index (χ2v) is 7.69. The van der Waals surface area contributed by atoms with E-state index in [4.69, 9.17) is 15.0 Å². The third kappa shape index (κ3) is 4.86. The van der Waals surface area contributed by atoms with Gasteiger partial charge < -0.3 is 20.3 Å². The first-order valence-electron chi connectivity index (χ1n) is 8.80. The molecule has 0 aliphatic heterocycles. The second kappa shape index (κ2) is 8.83. The maximum absolute atomic E-state index is 12.2. The SMILES string of the molecule is Cc1ccc(OCc2nnc(S[C@@H](C)C(=O)NCc3ccco3)n2N)c(C)c1. The zero-order valence-electron chi connectivity index (χ0n) is 16.0. The van der Waals surface area contributed by atoms with Crippen molar-refractivity contribution in [1.29, 1.82) is 0 Å². The number of aryl methyl sites for hydroxylation is 2. The zero-order valence-corrected chi connectivity index (χ0v) is 16.8. The summed E-state index contributed by atoms with van der Waals surface area (Å²) in [5.74, 6) is 7.87. The van der Waals surface area contributed by atoms with Crippen molar-refractivity contribution in [2.24, 2.45) is 0 Å². The highest BCUT2D eigenvalue weighted by atomic mass is 32.2. The molecule has 3 rings (SSSR count). The monoisotopic (exact) mass is 401 g/mol. The van der Waals surface area contributed by atoms with E-state index < -0.39 is 5.25 Å². The molecule has 0 spiro atoms. The molecule has 0 bridgehead atoms. The van der Waals surface area contributed by atoms with Crippen molar-refractivity contribution in [2.45, 2.75) is 44.3 Å². The lowest BCUT2D eigenvalue weighted by Crippen LogP contribution is -2.30. The van der Waals surface area contributed by atoms with E-state index in [1.807, 2.05) is 32.0 Å². The van der Waals surface area contributed by atoms with Crippen LogP contribution >= 0.6 is 11.8 Å². The number of thioether (sulfide) groups is 1. The fraction of sp³-hybridized carbons (Fsp3) is 0.316. The Morgan fingerprint density at radius 3 is 2.89 bits per heavy atom. The van der Waals surface area contributed by atoms with Crippen molar-refractivity contribution in [3.8, 4) is 5.75 Å². The van der Waals surface area contributed by atoms with Gasteiger partial charge in [0.05, 0.1) is 18.1 Å². The van der Waals surface area contributed by atoms with Gasteiger partial charge in [-0.3, -0.25) is 4.79 Å². The Bertz CT molecular complexity index is 939. The molecule has 0 saturated heterocycles. The van der Waals surface area contributed by atoms with Gasteiger partial charge in [-0.1, -0.05) is 29.5 Å². The summed E-state index contributed by atoms with van der Waals surface area (Å²) < 4.78 is 12.4. The number of hydrogen-bond donors (Lipinski definition) is 2. The third-order valence-electron chi connectivity index (χ3n) is 4.09. The van der Waals surface area contributed by atoms with Crippen LogP contribution in [0.4, 0.5) is 0 Å². The van der Waals surface area contributed by atoms with E-state index >= 15 is 0 Å². The molecule has 2 aromatic heterocycles. The number of ether oxygens (including phenoxy) is 1. The van der Waals surface area contributed by atoms with Gasteiger partial charge in [-0.15, -0.1) is 10.2 Å². The smallest absolute Gasteiger partial charge is 0.233 e. The minimum absolute atomic E-state index is 0.141. The Labute approximate surface area is 167 Å². The van der Waals surface area contributed by atoms with Gasteiger partial charge in [-0.05, 0) is 44.5 Å². The van der Waals surface area contributed by atoms with E-state index in [0.29, 0.717) is 23.3 Å². The molecule has 1 aromatic carbocycles. The van der Waals surface area contributed by atoms with Gasteiger partial charge >= 0.3 is 0 Å². The van der Waals surface area contributed by atoms with Crippen LogP contribution in [0.2, 0.25) is 0 Å². The van der Waals surface area contributed by atoms with Gasteiger partial charge in [0.2, 0.25) is 11.1 Å². The molecule has 28 heavy (non-hydrogen) atoms. The Hall–Kier alpha value is -2.94. The van der Waals surface area contributed by atoms with Gasteiger partial charge in [0.15, 0.2) is 5.82 Å². The number of nitrogens with one attached hydrogen (secondary N) is 1. The lowest BCUT2D eigenvalue weighted by Gasteiger charge is -2.11. The molecule has 9 heteroatoms. The first kappa shape index (κ1) is 19.8. The van der Waals surface area contributed by atoms with Crippen molar-refractivity contribution in [1.82, 2.24) is 20.2 Å². The van der Waals surface area contributed by atoms with Crippen LogP contribution in [0.1, 0.15) is 29.6 Å². The molecule has 148 valence electrons. The molecular formula is C19H23N5O3S. The molecule has 0 aliphatic rings. The number of nitrogens with zero attached hydrogens (tertiary/aromatic N) is 3. The van der Waals surface area contributed by atoms with E-state index in [9.17, 15) is 4.79 Å². The number of nitrogens with two attached hydrogens (primary N) is 1. The highest BCUT2D eigenvalue weighted by molar-refractivity contribution is 8.00. The lowest BCUT2D eigenvalue weighted by molar-refractivity contribution is -0.120. The first-order valence-corrected chi connectivity index (χ1v) is 9.68. The summed E-state index contributed by atoms with van der Waals surface area (Å²) in [5, 5.41) is 11.0. The van der Waals surface area contributed by atoms with Crippen LogP contribution in [0.5, 0.6) is 5.75 Å². The average Bonchev–Trinajstić information content (AvgIpc) is 3.30. The molecule has 0 fully saturated rings. The zero-order chi connectivity index (χ0) is 20.1. The van der Waals surface area contributed by atoms with Gasteiger partial charge in [0.25, 0.3) is 0 Å². The number of hydrogen-bond acceptors (Lipinski definition) is 7. The van der Waals surface area contributed by atoms with Crippen molar-refractivity contribution in [2.75, 3.05) is 5.84 Å². The molecule has 8 nitrogen and oxygen atoms in total. The van der Waals surface area contributed by atoms with Gasteiger partial charge in [-0.2, -0.15) is 0 Å². The van der Waals surface area contributed by atoms with E-state index in [1.165, 1.54) is 22.0 Å². The van der Waals surface area contributed by atoms with E-state index in [-0.39, 0.29) is 12.5 Å². The maximum Gasteiger partial charge on any atom is 0.233 e. The number of benzene rings is 1. The summed E-state index contributed by atoms with van der Waals surface area (Å²) in [5.41, 5.74) is 2.21. The standard InChI is InChI=1S/C19H23N5O3S/c1-12-6-7-16(13(2)9-12)27-11-17-22-23-19(24(17)20)28-14(3)18(25)21-10-15-5-4-8-26-15/h4-9,14H,10-11,20H2,1-3H3,(H,21,25)/t14-/m0/s1. The third-order valence-corrected chi connectivity index (χ3v) is 5.15. The molecule has 0 aliphatic carbocycles. The largest absolute Gasteiger partial charge is 0.485 e. The Morgan fingerprint density at radius 2 is 2.18 bits per heavy atom. The van der Waals surface area contributed by atoms with Crippen LogP contribution in [0, 0.1) is 13.8 Å². The number of amides is 1. The van der Waals surface area contributed by atoms with E-state index in [1.54, 1.807) is 25.3 Å². The van der Waals surface area contributed by atoms with Crippen LogP contribution in [0.25, 0.3) is 0 Å². The Morgan fingerprint density at radius 1 is 1.36 bits per heavy atom. The molecule has 1 atom stereocenters. The molecule has 3 N–H and O–H groups in total. The summed E-state index contributed by atoms with van der Waals surface area (Å²) in [6.45, 7) is 6.32. The van der Waals surface area contributed by atoms with Crippen LogP contribution in [-0.2, 0) is 17.9 Å². The number of carbonyl (C=O) groups excluding carboxylic acids is 1. The van der Waals surface area contributed by atoms with Crippen molar-refractivity contribution in [3.63, 3.8) is 0 Å². The fourth-order valence-electron chi connectivity index (χ4n) is 2.53. The molecule has 3 aromatic rings. The molecule has 0 saturated carbocycles. The summed E-state index contributed by atoms with van der Waals surface area (Å²) in [4.78, 5) is 12.2. The molecule has 0 radical (unpaired) electrons. The normalized spacial score (nSPS) is 12.0. The molecular weight excluding hydrogens is 378 g/mol. The second-order valence-electron chi connectivity index (χ2n) is 6.38. The topological polar surface area (TPSA) is 108 Å². The van der Waals surface area contributed by atoms with Crippen LogP contribution in [0.15, 0.2) is 46.2 Å². The van der Waals surface area contributed by atoms with E-state index in [2.05, 4.69) is 15.5 Å². The summed E-state index contributed by atoms with van der Waals surface area (Å²) in [7, 11) is 0.